The normalized spacial score (nSPS) is 11.4. The number of para-hydroxylation sites is 1. The van der Waals surface area contributed by atoms with Crippen LogP contribution in [0.3, 0.4) is 0 Å². The summed E-state index contributed by atoms with van der Waals surface area (Å²) >= 11 is 0. The third kappa shape index (κ3) is 3.13. The summed E-state index contributed by atoms with van der Waals surface area (Å²) in [6.45, 7) is 0. The predicted octanol–water partition coefficient (Wildman–Crippen LogP) is 2.53. The molecule has 0 bridgehead atoms. The number of methoxy groups -OCH3 is 1. The van der Waals surface area contributed by atoms with Gasteiger partial charge in [-0.15, -0.1) is 0 Å². The fourth-order valence-corrected chi connectivity index (χ4v) is 3.48. The number of hydrogen-bond acceptors (Lipinski definition) is 4. The highest BCUT2D eigenvalue weighted by molar-refractivity contribution is 7.90. The van der Waals surface area contributed by atoms with Crippen LogP contribution in [0, 0.1) is 11.6 Å². The van der Waals surface area contributed by atoms with Crippen LogP contribution in [0.25, 0.3) is 0 Å². The van der Waals surface area contributed by atoms with E-state index in [9.17, 15) is 17.2 Å². The Labute approximate surface area is 121 Å². The molecule has 7 heteroatoms. The van der Waals surface area contributed by atoms with E-state index in [0.717, 1.165) is 12.1 Å². The Hall–Kier alpha value is -2.15. The minimum atomic E-state index is -4.21. The van der Waals surface area contributed by atoms with Crippen LogP contribution in [0.5, 0.6) is 5.75 Å². The van der Waals surface area contributed by atoms with Gasteiger partial charge in [0.2, 0.25) is 0 Å². The minimum Gasteiger partial charge on any atom is -0.496 e. The smallest absolute Gasteiger partial charge is 0.188 e. The molecule has 0 radical (unpaired) electrons. The highest BCUT2D eigenvalue weighted by Gasteiger charge is 2.26. The maximum Gasteiger partial charge on any atom is 0.188 e. The average molecular weight is 313 g/mol. The fraction of sp³-hybridized carbons (Fsp3) is 0.143. The molecule has 0 unspecified atom stereocenters. The molecule has 0 amide bonds. The van der Waals surface area contributed by atoms with E-state index in [1.807, 2.05) is 0 Å². The van der Waals surface area contributed by atoms with Gasteiger partial charge < -0.3 is 10.5 Å². The maximum absolute atomic E-state index is 13.8. The predicted molar refractivity (Wildman–Crippen MR) is 74.7 cm³/mol. The Morgan fingerprint density at radius 1 is 1.14 bits per heavy atom. The van der Waals surface area contributed by atoms with Gasteiger partial charge >= 0.3 is 0 Å². The Bertz CT molecular complexity index is 753. The van der Waals surface area contributed by atoms with Gasteiger partial charge in [-0.1, -0.05) is 18.2 Å². The molecule has 0 aromatic heterocycles. The van der Waals surface area contributed by atoms with Crippen molar-refractivity contribution < 1.29 is 21.9 Å². The van der Waals surface area contributed by atoms with Gasteiger partial charge in [0.05, 0.1) is 12.9 Å². The molecule has 0 saturated heterocycles. The van der Waals surface area contributed by atoms with E-state index in [1.165, 1.54) is 13.2 Å². The van der Waals surface area contributed by atoms with Crippen LogP contribution < -0.4 is 10.5 Å². The number of benzene rings is 2. The maximum atomic E-state index is 13.8. The van der Waals surface area contributed by atoms with Crippen LogP contribution in [-0.4, -0.2) is 15.5 Å². The van der Waals surface area contributed by atoms with Crippen molar-refractivity contribution in [2.75, 3.05) is 12.8 Å². The zero-order chi connectivity index (χ0) is 15.6. The molecule has 0 aliphatic carbocycles. The Morgan fingerprint density at radius 2 is 1.71 bits per heavy atom. The molecule has 0 heterocycles. The van der Waals surface area contributed by atoms with Gasteiger partial charge in [-0.25, -0.2) is 17.2 Å². The number of sulfone groups is 1. The van der Waals surface area contributed by atoms with Crippen molar-refractivity contribution >= 4 is 15.5 Å². The lowest BCUT2D eigenvalue weighted by Crippen LogP contribution is -2.11. The first-order chi connectivity index (χ1) is 9.85. The van der Waals surface area contributed by atoms with Gasteiger partial charge in [-0.05, 0) is 18.2 Å². The van der Waals surface area contributed by atoms with Gasteiger partial charge in [0, 0.05) is 11.3 Å². The van der Waals surface area contributed by atoms with E-state index in [4.69, 9.17) is 10.5 Å². The van der Waals surface area contributed by atoms with Gasteiger partial charge in [0.1, 0.15) is 22.3 Å². The van der Waals surface area contributed by atoms with Crippen molar-refractivity contribution in [2.24, 2.45) is 0 Å². The van der Waals surface area contributed by atoms with Crippen LogP contribution in [0.1, 0.15) is 5.56 Å². The van der Waals surface area contributed by atoms with Crippen LogP contribution in [0.2, 0.25) is 0 Å². The highest BCUT2D eigenvalue weighted by Crippen LogP contribution is 2.28. The summed E-state index contributed by atoms with van der Waals surface area (Å²) in [5, 5.41) is 0. The summed E-state index contributed by atoms with van der Waals surface area (Å²) in [6.07, 6.45) is 0. The Balaban J connectivity index is 2.49. The summed E-state index contributed by atoms with van der Waals surface area (Å²) in [6, 6.07) is 7.92. The molecule has 2 aromatic carbocycles. The lowest BCUT2D eigenvalue weighted by atomic mass is 10.2. The number of hydrogen-bond donors (Lipinski definition) is 1. The number of ether oxygens (including phenoxy) is 1. The Kier molecular flexibility index (Phi) is 4.13. The number of nitrogens with two attached hydrogens (primary N) is 1. The van der Waals surface area contributed by atoms with E-state index in [2.05, 4.69) is 0 Å². The first kappa shape index (κ1) is 15.2. The van der Waals surface area contributed by atoms with Crippen molar-refractivity contribution in [3.05, 3.63) is 53.6 Å². The van der Waals surface area contributed by atoms with E-state index in [-0.39, 0.29) is 5.69 Å². The van der Waals surface area contributed by atoms with Gasteiger partial charge in [-0.3, -0.25) is 0 Å². The number of halogens is 2. The summed E-state index contributed by atoms with van der Waals surface area (Å²) in [7, 11) is -2.82. The molecule has 0 fully saturated rings. The van der Waals surface area contributed by atoms with Crippen molar-refractivity contribution in [1.82, 2.24) is 0 Å². The molecule has 21 heavy (non-hydrogen) atoms. The second-order valence-corrected chi connectivity index (χ2v) is 6.31. The first-order valence-corrected chi connectivity index (χ1v) is 7.59. The van der Waals surface area contributed by atoms with Gasteiger partial charge in [0.25, 0.3) is 0 Å². The van der Waals surface area contributed by atoms with Crippen molar-refractivity contribution in [1.29, 1.82) is 0 Å². The van der Waals surface area contributed by atoms with Crippen LogP contribution in [0.15, 0.2) is 41.3 Å². The summed E-state index contributed by atoms with van der Waals surface area (Å²) in [5.74, 6) is -2.66. The molecule has 2 aromatic rings. The molecular formula is C14H13F2NO3S. The molecule has 0 aliphatic rings. The lowest BCUT2D eigenvalue weighted by molar-refractivity contribution is 0.411. The zero-order valence-corrected chi connectivity index (χ0v) is 12.0. The van der Waals surface area contributed by atoms with E-state index >= 15 is 0 Å². The number of anilines is 1. The van der Waals surface area contributed by atoms with E-state index in [1.54, 1.807) is 18.2 Å². The van der Waals surface area contributed by atoms with Gasteiger partial charge in [-0.2, -0.15) is 0 Å². The van der Waals surface area contributed by atoms with Crippen LogP contribution in [0.4, 0.5) is 14.5 Å². The fourth-order valence-electron chi connectivity index (χ4n) is 1.98. The quantitative estimate of drug-likeness (QED) is 0.881. The van der Waals surface area contributed by atoms with Crippen molar-refractivity contribution in [2.45, 2.75) is 10.6 Å². The molecule has 0 saturated carbocycles. The molecule has 4 nitrogen and oxygen atoms in total. The molecular weight excluding hydrogens is 300 g/mol. The summed E-state index contributed by atoms with van der Waals surface area (Å²) in [5.41, 5.74) is 5.41. The number of nitrogen functional groups attached to an aromatic ring is 1. The second kappa shape index (κ2) is 5.69. The first-order valence-electron chi connectivity index (χ1n) is 5.94. The van der Waals surface area contributed by atoms with Crippen LogP contribution in [-0.2, 0) is 15.6 Å². The number of rotatable bonds is 4. The molecule has 2 rings (SSSR count). The third-order valence-corrected chi connectivity index (χ3v) is 4.57. The average Bonchev–Trinajstić information content (AvgIpc) is 2.37. The lowest BCUT2D eigenvalue weighted by Gasteiger charge is -2.10. The zero-order valence-electron chi connectivity index (χ0n) is 11.1. The van der Waals surface area contributed by atoms with Gasteiger partial charge in [0.15, 0.2) is 9.84 Å². The molecule has 112 valence electrons. The summed E-state index contributed by atoms with van der Waals surface area (Å²) in [4.78, 5) is -0.984. The van der Waals surface area contributed by atoms with E-state index < -0.39 is 32.1 Å². The molecule has 2 N–H and O–H groups in total. The van der Waals surface area contributed by atoms with Crippen molar-refractivity contribution in [3.8, 4) is 5.75 Å². The highest BCUT2D eigenvalue weighted by atomic mass is 32.2. The molecule has 0 spiro atoms. The topological polar surface area (TPSA) is 69.4 Å². The Morgan fingerprint density at radius 3 is 2.29 bits per heavy atom. The third-order valence-electron chi connectivity index (χ3n) is 2.87. The second-order valence-electron chi connectivity index (χ2n) is 4.38. The standard InChI is InChI=1S/C14H13F2NO3S/c1-20-13-5-3-2-4-9(13)8-21(18,19)14-11(15)6-10(17)7-12(14)16/h2-7H,8,17H2,1H3. The van der Waals surface area contributed by atoms with Crippen molar-refractivity contribution in [3.63, 3.8) is 0 Å². The SMILES string of the molecule is COc1ccccc1CS(=O)(=O)c1c(F)cc(N)cc1F. The van der Waals surface area contributed by atoms with E-state index in [0.29, 0.717) is 11.3 Å². The summed E-state index contributed by atoms with van der Waals surface area (Å²) < 4.78 is 57.1. The minimum absolute atomic E-state index is 0.179. The van der Waals surface area contributed by atoms with Crippen LogP contribution >= 0.6 is 0 Å². The molecule has 0 aliphatic heterocycles. The molecule has 0 atom stereocenters. The monoisotopic (exact) mass is 313 g/mol. The largest absolute Gasteiger partial charge is 0.496 e.